The Morgan fingerprint density at radius 2 is 2.50 bits per heavy atom. The summed E-state index contributed by atoms with van der Waals surface area (Å²) in [7, 11) is 0. The second kappa shape index (κ2) is 2.88. The molecule has 0 spiro atoms. The van der Waals surface area contributed by atoms with Crippen LogP contribution in [0.1, 0.15) is 19.8 Å². The lowest BCUT2D eigenvalue weighted by Crippen LogP contribution is -2.17. The smallest absolute Gasteiger partial charge is 0.0250 e. The molecule has 8 heavy (non-hydrogen) atoms. The third kappa shape index (κ3) is 1.34. The Morgan fingerprint density at radius 3 is 3.00 bits per heavy atom. The van der Waals surface area contributed by atoms with Crippen LogP contribution in [0.2, 0.25) is 0 Å². The van der Waals surface area contributed by atoms with Crippen LogP contribution in [0.4, 0.5) is 0 Å². The second-order valence-electron chi connectivity index (χ2n) is 2.23. The minimum Gasteiger partial charge on any atom is -0.311 e. The summed E-state index contributed by atoms with van der Waals surface area (Å²) in [5, 5.41) is 3.37. The van der Waals surface area contributed by atoms with E-state index in [9.17, 15) is 0 Å². The lowest BCUT2D eigenvalue weighted by Gasteiger charge is -1.99. The van der Waals surface area contributed by atoms with E-state index in [0.29, 0.717) is 6.04 Å². The highest BCUT2D eigenvalue weighted by molar-refractivity contribution is 4.93. The van der Waals surface area contributed by atoms with Gasteiger partial charge in [0.1, 0.15) is 0 Å². The Hall–Kier alpha value is -0.300. The molecule has 1 aliphatic heterocycles. The average Bonchev–Trinajstić information content (AvgIpc) is 2.19. The van der Waals surface area contributed by atoms with Crippen molar-refractivity contribution in [2.45, 2.75) is 25.8 Å². The normalized spacial score (nSPS) is 29.9. The van der Waals surface area contributed by atoms with Crippen molar-refractivity contribution >= 4 is 0 Å². The molecule has 46 valence electrons. The van der Waals surface area contributed by atoms with Crippen molar-refractivity contribution < 1.29 is 0 Å². The Kier molecular flexibility index (Phi) is 2.10. The highest BCUT2D eigenvalue weighted by atomic mass is 14.9. The summed E-state index contributed by atoms with van der Waals surface area (Å²) in [6, 6.07) is 0.681. The summed E-state index contributed by atoms with van der Waals surface area (Å²) in [5.41, 5.74) is 0. The zero-order valence-electron chi connectivity index (χ0n) is 5.35. The Labute approximate surface area is 50.8 Å². The molecule has 0 radical (unpaired) electrons. The number of allylic oxidation sites excluding steroid dienone is 1. The van der Waals surface area contributed by atoms with Crippen LogP contribution in [-0.2, 0) is 0 Å². The van der Waals surface area contributed by atoms with E-state index in [-0.39, 0.29) is 0 Å². The molecule has 1 atom stereocenters. The predicted octanol–water partition coefficient (Wildman–Crippen LogP) is 1.31. The van der Waals surface area contributed by atoms with Gasteiger partial charge in [-0.25, -0.2) is 0 Å². The van der Waals surface area contributed by atoms with E-state index in [0.717, 1.165) is 0 Å². The van der Waals surface area contributed by atoms with Crippen molar-refractivity contribution in [3.8, 4) is 0 Å². The van der Waals surface area contributed by atoms with E-state index in [1.807, 2.05) is 0 Å². The van der Waals surface area contributed by atoms with Gasteiger partial charge in [0.25, 0.3) is 0 Å². The van der Waals surface area contributed by atoms with Crippen LogP contribution in [0, 0.1) is 0 Å². The minimum absolute atomic E-state index is 0.681. The third-order valence-electron chi connectivity index (χ3n) is 1.52. The van der Waals surface area contributed by atoms with Gasteiger partial charge in [-0.3, -0.25) is 0 Å². The Morgan fingerprint density at radius 1 is 1.62 bits per heavy atom. The first-order chi connectivity index (χ1) is 3.93. The summed E-state index contributed by atoms with van der Waals surface area (Å²) < 4.78 is 0. The van der Waals surface area contributed by atoms with Crippen molar-refractivity contribution in [2.75, 3.05) is 6.54 Å². The lowest BCUT2D eigenvalue weighted by atomic mass is 10.2. The molecule has 1 N–H and O–H groups in total. The van der Waals surface area contributed by atoms with Crippen molar-refractivity contribution in [2.24, 2.45) is 0 Å². The molecule has 0 aromatic heterocycles. The number of hydrogen-bond acceptors (Lipinski definition) is 1. The van der Waals surface area contributed by atoms with E-state index < -0.39 is 0 Å². The number of hydrogen-bond donors (Lipinski definition) is 1. The monoisotopic (exact) mass is 111 g/mol. The largest absolute Gasteiger partial charge is 0.311 e. The minimum atomic E-state index is 0.681. The van der Waals surface area contributed by atoms with E-state index in [1.54, 1.807) is 0 Å². The molecule has 1 heteroatoms. The maximum Gasteiger partial charge on any atom is 0.0250 e. The van der Waals surface area contributed by atoms with Gasteiger partial charge in [-0.15, -0.1) is 0 Å². The molecule has 0 aromatic carbocycles. The second-order valence-corrected chi connectivity index (χ2v) is 2.23. The Balaban J connectivity index is 2.24. The van der Waals surface area contributed by atoms with Gasteiger partial charge in [0.2, 0.25) is 0 Å². The first-order valence-corrected chi connectivity index (χ1v) is 3.29. The summed E-state index contributed by atoms with van der Waals surface area (Å²) >= 11 is 0. The van der Waals surface area contributed by atoms with Crippen molar-refractivity contribution in [3.63, 3.8) is 0 Å². The SMILES string of the molecule is CC=CC1CCCN1. The standard InChI is InChI=1S/C7H13N/c1-2-4-7-5-3-6-8-7/h2,4,7-8H,3,5-6H2,1H3. The van der Waals surface area contributed by atoms with Gasteiger partial charge in [-0.05, 0) is 26.3 Å². The van der Waals surface area contributed by atoms with E-state index in [4.69, 9.17) is 0 Å². The molecular formula is C7H13N. The molecule has 0 aromatic rings. The summed E-state index contributed by atoms with van der Waals surface area (Å²) in [6.45, 7) is 3.27. The van der Waals surface area contributed by atoms with Crippen LogP contribution in [-0.4, -0.2) is 12.6 Å². The van der Waals surface area contributed by atoms with E-state index in [2.05, 4.69) is 24.4 Å². The summed E-state index contributed by atoms with van der Waals surface area (Å²) in [4.78, 5) is 0. The maximum absolute atomic E-state index is 3.37. The highest BCUT2D eigenvalue weighted by Crippen LogP contribution is 2.04. The molecule has 1 unspecified atom stereocenters. The zero-order chi connectivity index (χ0) is 5.82. The molecule has 1 nitrogen and oxygen atoms in total. The molecule has 0 amide bonds. The van der Waals surface area contributed by atoms with Crippen LogP contribution in [0.3, 0.4) is 0 Å². The van der Waals surface area contributed by atoms with Crippen molar-refractivity contribution in [3.05, 3.63) is 12.2 Å². The number of rotatable bonds is 1. The molecule has 0 saturated carbocycles. The fourth-order valence-electron chi connectivity index (χ4n) is 1.11. The van der Waals surface area contributed by atoms with Gasteiger partial charge in [0.15, 0.2) is 0 Å². The fraction of sp³-hybridized carbons (Fsp3) is 0.714. The molecule has 0 aliphatic carbocycles. The van der Waals surface area contributed by atoms with Gasteiger partial charge in [-0.2, -0.15) is 0 Å². The van der Waals surface area contributed by atoms with Crippen molar-refractivity contribution in [1.82, 2.24) is 5.32 Å². The van der Waals surface area contributed by atoms with Gasteiger partial charge >= 0.3 is 0 Å². The van der Waals surface area contributed by atoms with Crippen LogP contribution < -0.4 is 5.32 Å². The van der Waals surface area contributed by atoms with E-state index in [1.165, 1.54) is 19.4 Å². The first kappa shape index (κ1) is 5.83. The quantitative estimate of drug-likeness (QED) is 0.503. The average molecular weight is 111 g/mol. The van der Waals surface area contributed by atoms with Crippen molar-refractivity contribution in [1.29, 1.82) is 0 Å². The van der Waals surface area contributed by atoms with Gasteiger partial charge in [-0.1, -0.05) is 12.2 Å². The van der Waals surface area contributed by atoms with Crippen LogP contribution >= 0.6 is 0 Å². The zero-order valence-corrected chi connectivity index (χ0v) is 5.35. The Bertz CT molecular complexity index is 80.4. The first-order valence-electron chi connectivity index (χ1n) is 3.29. The predicted molar refractivity (Wildman–Crippen MR) is 35.8 cm³/mol. The van der Waals surface area contributed by atoms with Crippen LogP contribution in [0.25, 0.3) is 0 Å². The van der Waals surface area contributed by atoms with Crippen LogP contribution in [0.5, 0.6) is 0 Å². The van der Waals surface area contributed by atoms with Gasteiger partial charge < -0.3 is 5.32 Å². The maximum atomic E-state index is 3.37. The van der Waals surface area contributed by atoms with Gasteiger partial charge in [0, 0.05) is 6.04 Å². The molecule has 0 bridgehead atoms. The molecule has 1 fully saturated rings. The summed E-state index contributed by atoms with van der Waals surface area (Å²) in [5.74, 6) is 0. The topological polar surface area (TPSA) is 12.0 Å². The molecule has 1 heterocycles. The highest BCUT2D eigenvalue weighted by Gasteiger charge is 2.08. The fourth-order valence-corrected chi connectivity index (χ4v) is 1.11. The van der Waals surface area contributed by atoms with Crippen LogP contribution in [0.15, 0.2) is 12.2 Å². The summed E-state index contributed by atoms with van der Waals surface area (Å²) in [6.07, 6.45) is 7.01. The molecule has 1 rings (SSSR count). The molecule has 1 saturated heterocycles. The molecular weight excluding hydrogens is 98.1 g/mol. The van der Waals surface area contributed by atoms with Gasteiger partial charge in [0.05, 0.1) is 0 Å². The third-order valence-corrected chi connectivity index (χ3v) is 1.52. The number of nitrogens with one attached hydrogen (secondary N) is 1. The lowest BCUT2D eigenvalue weighted by molar-refractivity contribution is 0.727. The van der Waals surface area contributed by atoms with E-state index >= 15 is 0 Å². The molecule has 1 aliphatic rings.